The molecule has 1 aliphatic carbocycles. The summed E-state index contributed by atoms with van der Waals surface area (Å²) in [6.45, 7) is 6.87. The van der Waals surface area contributed by atoms with E-state index in [1.165, 1.54) is 17.8 Å². The number of carbonyl (C=O) groups is 1. The molecular weight excluding hydrogens is 310 g/mol. The first-order valence-electron chi connectivity index (χ1n) is 6.42. The van der Waals surface area contributed by atoms with Crippen molar-refractivity contribution < 1.29 is 4.79 Å². The third kappa shape index (κ3) is 3.58. The Morgan fingerprint density at radius 3 is 2.72 bits per heavy atom. The fraction of sp³-hybridized carbons (Fsp3) is 0.643. The highest BCUT2D eigenvalue weighted by molar-refractivity contribution is 9.11. The molecule has 2 nitrogen and oxygen atoms in total. The van der Waals surface area contributed by atoms with Crippen molar-refractivity contribution >= 4 is 33.2 Å². The number of amides is 1. The van der Waals surface area contributed by atoms with E-state index in [0.29, 0.717) is 17.4 Å². The monoisotopic (exact) mass is 329 g/mol. The Labute approximate surface area is 121 Å². The van der Waals surface area contributed by atoms with Crippen molar-refractivity contribution in [3.05, 3.63) is 20.8 Å². The fourth-order valence-electron chi connectivity index (χ4n) is 3.15. The molecule has 1 aromatic heterocycles. The van der Waals surface area contributed by atoms with E-state index < -0.39 is 0 Å². The summed E-state index contributed by atoms with van der Waals surface area (Å²) < 4.78 is 1.00. The van der Waals surface area contributed by atoms with Crippen LogP contribution in [0.15, 0.2) is 15.9 Å². The van der Waals surface area contributed by atoms with Gasteiger partial charge >= 0.3 is 0 Å². The van der Waals surface area contributed by atoms with Crippen LogP contribution in [0.4, 0.5) is 0 Å². The van der Waals surface area contributed by atoms with Crippen molar-refractivity contribution in [3.8, 4) is 0 Å². The molecule has 0 radical (unpaired) electrons. The zero-order valence-electron chi connectivity index (χ0n) is 11.1. The Kier molecular flexibility index (Phi) is 4.17. The zero-order chi connectivity index (χ0) is 13.3. The predicted molar refractivity (Wildman–Crippen MR) is 80.1 cm³/mol. The van der Waals surface area contributed by atoms with Gasteiger partial charge in [-0.3, -0.25) is 4.79 Å². The lowest BCUT2D eigenvalue weighted by molar-refractivity contribution is 0.0878. The number of halogens is 1. The van der Waals surface area contributed by atoms with Crippen molar-refractivity contribution in [2.24, 2.45) is 11.3 Å². The van der Waals surface area contributed by atoms with Gasteiger partial charge in [-0.15, -0.1) is 11.3 Å². The van der Waals surface area contributed by atoms with Crippen LogP contribution in [0.5, 0.6) is 0 Å². The van der Waals surface area contributed by atoms with Crippen LogP contribution in [0.2, 0.25) is 0 Å². The molecule has 0 saturated heterocycles. The molecule has 0 aromatic carbocycles. The molecule has 1 heterocycles. The summed E-state index contributed by atoms with van der Waals surface area (Å²) in [4.78, 5) is 12.9. The van der Waals surface area contributed by atoms with Crippen LogP contribution in [0.25, 0.3) is 0 Å². The molecule has 0 bridgehead atoms. The minimum atomic E-state index is 0.0700. The molecule has 0 unspecified atom stereocenters. The first-order chi connectivity index (χ1) is 8.35. The van der Waals surface area contributed by atoms with Gasteiger partial charge in [-0.2, -0.15) is 0 Å². The highest BCUT2D eigenvalue weighted by Crippen LogP contribution is 2.38. The van der Waals surface area contributed by atoms with E-state index in [0.717, 1.165) is 21.5 Å². The summed E-state index contributed by atoms with van der Waals surface area (Å²) in [6, 6.07) is 4.12. The number of thiophene rings is 1. The standard InChI is InChI=1S/C14H20BrNOS/c1-9-6-10(8-14(2,3)7-9)16-13(17)11-4-5-12(15)18-11/h4-5,9-10H,6-8H2,1-3H3,(H,16,17)/t9-,10+/m1/s1. The lowest BCUT2D eigenvalue weighted by Gasteiger charge is -2.39. The number of hydrogen-bond acceptors (Lipinski definition) is 2. The molecule has 4 heteroatoms. The van der Waals surface area contributed by atoms with E-state index in [9.17, 15) is 4.79 Å². The molecular formula is C14H20BrNOS. The van der Waals surface area contributed by atoms with Gasteiger partial charge < -0.3 is 5.32 Å². The predicted octanol–water partition coefficient (Wildman–Crippen LogP) is 4.46. The first-order valence-corrected chi connectivity index (χ1v) is 8.03. The maximum absolute atomic E-state index is 12.1. The average molecular weight is 330 g/mol. The topological polar surface area (TPSA) is 29.1 Å². The summed E-state index contributed by atoms with van der Waals surface area (Å²) in [5.74, 6) is 0.759. The van der Waals surface area contributed by atoms with Gasteiger partial charge in [-0.05, 0) is 58.7 Å². The van der Waals surface area contributed by atoms with Crippen LogP contribution in [0.3, 0.4) is 0 Å². The summed E-state index contributed by atoms with van der Waals surface area (Å²) >= 11 is 4.88. The van der Waals surface area contributed by atoms with Crippen LogP contribution in [-0.2, 0) is 0 Å². The SMILES string of the molecule is C[C@@H]1C[C@H](NC(=O)c2ccc(Br)s2)CC(C)(C)C1. The van der Waals surface area contributed by atoms with Crippen LogP contribution in [0.1, 0.15) is 49.7 Å². The molecule has 1 amide bonds. The van der Waals surface area contributed by atoms with Crippen molar-refractivity contribution in [2.45, 2.75) is 46.1 Å². The minimum absolute atomic E-state index is 0.0700. The molecule has 0 spiro atoms. The number of carbonyl (C=O) groups excluding carboxylic acids is 1. The van der Waals surface area contributed by atoms with Crippen LogP contribution in [0, 0.1) is 11.3 Å². The largest absolute Gasteiger partial charge is 0.349 e. The van der Waals surface area contributed by atoms with Gasteiger partial charge in [0.25, 0.3) is 5.91 Å². The Morgan fingerprint density at radius 1 is 1.44 bits per heavy atom. The third-order valence-corrected chi connectivity index (χ3v) is 5.14. The van der Waals surface area contributed by atoms with E-state index in [2.05, 4.69) is 42.0 Å². The van der Waals surface area contributed by atoms with Gasteiger partial charge in [0.1, 0.15) is 0 Å². The molecule has 0 aliphatic heterocycles. The Morgan fingerprint density at radius 2 is 2.17 bits per heavy atom. The van der Waals surface area contributed by atoms with Gasteiger partial charge in [-0.25, -0.2) is 0 Å². The van der Waals surface area contributed by atoms with Crippen LogP contribution < -0.4 is 5.32 Å². The molecule has 1 N–H and O–H groups in total. The summed E-state index contributed by atoms with van der Waals surface area (Å²) in [7, 11) is 0. The second-order valence-electron chi connectivity index (χ2n) is 6.19. The van der Waals surface area contributed by atoms with Crippen molar-refractivity contribution in [3.63, 3.8) is 0 Å². The number of nitrogens with one attached hydrogen (secondary N) is 1. The van der Waals surface area contributed by atoms with Gasteiger partial charge in [0.05, 0.1) is 8.66 Å². The van der Waals surface area contributed by atoms with E-state index in [4.69, 9.17) is 0 Å². The molecule has 1 aliphatic rings. The minimum Gasteiger partial charge on any atom is -0.349 e. The second kappa shape index (κ2) is 5.33. The normalized spacial score (nSPS) is 26.9. The number of rotatable bonds is 2. The second-order valence-corrected chi connectivity index (χ2v) is 8.65. The molecule has 2 atom stereocenters. The summed E-state index contributed by atoms with van der Waals surface area (Å²) in [6.07, 6.45) is 3.43. The molecule has 1 saturated carbocycles. The first kappa shape index (κ1) is 14.1. The smallest absolute Gasteiger partial charge is 0.261 e. The van der Waals surface area contributed by atoms with Crippen molar-refractivity contribution in [2.75, 3.05) is 0 Å². The van der Waals surface area contributed by atoms with E-state index in [1.54, 1.807) is 0 Å². The van der Waals surface area contributed by atoms with Crippen molar-refractivity contribution in [1.82, 2.24) is 5.32 Å². The van der Waals surface area contributed by atoms with Crippen molar-refractivity contribution in [1.29, 1.82) is 0 Å². The lowest BCUT2D eigenvalue weighted by Crippen LogP contribution is -2.42. The van der Waals surface area contributed by atoms with Crippen LogP contribution in [-0.4, -0.2) is 11.9 Å². The molecule has 100 valence electrons. The fourth-order valence-corrected chi connectivity index (χ4v) is 4.44. The van der Waals surface area contributed by atoms with Gasteiger partial charge in [0.2, 0.25) is 0 Å². The zero-order valence-corrected chi connectivity index (χ0v) is 13.5. The van der Waals surface area contributed by atoms with Crippen LogP contribution >= 0.6 is 27.3 Å². The maximum atomic E-state index is 12.1. The molecule has 1 aromatic rings. The highest BCUT2D eigenvalue weighted by Gasteiger charge is 2.32. The highest BCUT2D eigenvalue weighted by atomic mass is 79.9. The van der Waals surface area contributed by atoms with Gasteiger partial charge in [0, 0.05) is 6.04 Å². The lowest BCUT2D eigenvalue weighted by atomic mass is 9.70. The average Bonchev–Trinajstić information content (AvgIpc) is 2.61. The van der Waals surface area contributed by atoms with Gasteiger partial charge in [0.15, 0.2) is 0 Å². The summed E-state index contributed by atoms with van der Waals surface area (Å²) in [5, 5.41) is 3.19. The van der Waals surface area contributed by atoms with E-state index >= 15 is 0 Å². The summed E-state index contributed by atoms with van der Waals surface area (Å²) in [5.41, 5.74) is 0.339. The Balaban J connectivity index is 1.99. The Bertz CT molecular complexity index is 441. The molecule has 18 heavy (non-hydrogen) atoms. The molecule has 2 rings (SSSR count). The quantitative estimate of drug-likeness (QED) is 0.852. The molecule has 1 fully saturated rings. The van der Waals surface area contributed by atoms with E-state index in [-0.39, 0.29) is 5.91 Å². The maximum Gasteiger partial charge on any atom is 0.261 e. The number of hydrogen-bond donors (Lipinski definition) is 1. The van der Waals surface area contributed by atoms with Gasteiger partial charge in [-0.1, -0.05) is 20.8 Å². The van der Waals surface area contributed by atoms with E-state index in [1.807, 2.05) is 12.1 Å². The third-order valence-electron chi connectivity index (χ3n) is 3.52. The Hall–Kier alpha value is -0.350.